The van der Waals surface area contributed by atoms with Crippen LogP contribution in [0.4, 0.5) is 0 Å². The van der Waals surface area contributed by atoms with E-state index in [1.165, 1.54) is 50.2 Å². The summed E-state index contributed by atoms with van der Waals surface area (Å²) in [5, 5.41) is 4.46. The molecular weight excluding hydrogens is 342 g/mol. The van der Waals surface area contributed by atoms with E-state index in [-0.39, 0.29) is 0 Å². The van der Waals surface area contributed by atoms with E-state index in [9.17, 15) is 0 Å². The first-order valence-corrected chi connectivity index (χ1v) is 10.6. The van der Waals surface area contributed by atoms with Gasteiger partial charge in [-0.3, -0.25) is 14.8 Å². The Hall–Kier alpha value is -1.27. The molecule has 4 nitrogen and oxygen atoms in total. The largest absolute Gasteiger partial charge is 0.383 e. The number of hydrogen-bond acceptors (Lipinski definition) is 5. The number of pyridine rings is 1. The van der Waals surface area contributed by atoms with Gasteiger partial charge >= 0.3 is 0 Å². The highest BCUT2D eigenvalue weighted by molar-refractivity contribution is 7.07. The number of ether oxygens (including phenoxy) is 1. The predicted octanol–water partition coefficient (Wildman–Crippen LogP) is 3.65. The van der Waals surface area contributed by atoms with Crippen molar-refractivity contribution in [2.75, 3.05) is 33.4 Å². The minimum Gasteiger partial charge on any atom is -0.383 e. The Bertz CT molecular complexity index is 668. The Labute approximate surface area is 160 Å². The molecule has 0 aliphatic carbocycles. The Kier molecular flexibility index (Phi) is 5.69. The molecule has 140 valence electrons. The summed E-state index contributed by atoms with van der Waals surface area (Å²) in [5.41, 5.74) is 3.09. The van der Waals surface area contributed by atoms with Crippen LogP contribution in [0.25, 0.3) is 0 Å². The van der Waals surface area contributed by atoms with Gasteiger partial charge in [0.1, 0.15) is 0 Å². The molecule has 2 saturated heterocycles. The zero-order valence-corrected chi connectivity index (χ0v) is 16.5. The number of methoxy groups -OCH3 is 1. The second-order valence-corrected chi connectivity index (χ2v) is 8.73. The van der Waals surface area contributed by atoms with E-state index in [0.717, 1.165) is 19.7 Å². The van der Waals surface area contributed by atoms with Crippen LogP contribution < -0.4 is 0 Å². The highest BCUT2D eigenvalue weighted by Gasteiger charge is 2.45. The second kappa shape index (κ2) is 8.17. The fourth-order valence-electron chi connectivity index (χ4n) is 4.68. The lowest BCUT2D eigenvalue weighted by atomic mass is 9.76. The maximum atomic E-state index is 5.55. The van der Waals surface area contributed by atoms with Crippen LogP contribution in [0.2, 0.25) is 0 Å². The summed E-state index contributed by atoms with van der Waals surface area (Å²) in [6, 6.07) is 8.99. The molecule has 0 N–H and O–H groups in total. The van der Waals surface area contributed by atoms with E-state index >= 15 is 0 Å². The first kappa shape index (κ1) is 18.1. The zero-order valence-electron chi connectivity index (χ0n) is 15.6. The molecule has 1 spiro atoms. The minimum absolute atomic E-state index is 0.461. The zero-order chi connectivity index (χ0) is 17.8. The molecule has 26 heavy (non-hydrogen) atoms. The molecule has 5 heteroatoms. The maximum absolute atomic E-state index is 5.55. The van der Waals surface area contributed by atoms with Crippen LogP contribution in [0.1, 0.15) is 30.5 Å². The highest BCUT2D eigenvalue weighted by Crippen LogP contribution is 2.44. The third kappa shape index (κ3) is 4.17. The fourth-order valence-corrected chi connectivity index (χ4v) is 5.34. The van der Waals surface area contributed by atoms with Gasteiger partial charge in [-0.25, -0.2) is 0 Å². The van der Waals surface area contributed by atoms with Crippen LogP contribution in [0.3, 0.4) is 0 Å². The molecule has 0 saturated carbocycles. The average Bonchev–Trinajstić information content (AvgIpc) is 3.27. The summed E-state index contributed by atoms with van der Waals surface area (Å²) in [4.78, 5) is 9.77. The van der Waals surface area contributed by atoms with Crippen LogP contribution >= 0.6 is 11.3 Å². The summed E-state index contributed by atoms with van der Waals surface area (Å²) in [5.74, 6) is 0. The van der Waals surface area contributed by atoms with Gasteiger partial charge in [-0.2, -0.15) is 11.3 Å². The molecule has 4 heterocycles. The van der Waals surface area contributed by atoms with Gasteiger partial charge in [0.05, 0.1) is 12.3 Å². The van der Waals surface area contributed by atoms with Crippen molar-refractivity contribution in [3.8, 4) is 0 Å². The van der Waals surface area contributed by atoms with E-state index in [2.05, 4.69) is 43.7 Å². The van der Waals surface area contributed by atoms with Crippen LogP contribution in [0.15, 0.2) is 41.2 Å². The molecule has 0 amide bonds. The van der Waals surface area contributed by atoms with Gasteiger partial charge in [-0.1, -0.05) is 6.07 Å². The van der Waals surface area contributed by atoms with Gasteiger partial charge < -0.3 is 4.74 Å². The standard InChI is InChI=1S/C21H29N3OS/c1-25-15-20-12-21(17-24(20)14-19-4-2-3-8-22-19)6-9-23(10-7-21)13-18-5-11-26-16-18/h2-5,8,11,16,20H,6-7,9-10,12-15,17H2,1H3/t20-/m0/s1. The third-order valence-corrected chi connectivity index (χ3v) is 6.81. The smallest absolute Gasteiger partial charge is 0.0618 e. The number of likely N-dealkylation sites (tertiary alicyclic amines) is 2. The first-order valence-electron chi connectivity index (χ1n) is 9.63. The first-order chi connectivity index (χ1) is 12.8. The molecule has 2 aromatic heterocycles. The number of hydrogen-bond donors (Lipinski definition) is 0. The molecule has 0 bridgehead atoms. The number of aromatic nitrogens is 1. The Morgan fingerprint density at radius 1 is 1.23 bits per heavy atom. The van der Waals surface area contributed by atoms with E-state index in [0.29, 0.717) is 11.5 Å². The van der Waals surface area contributed by atoms with E-state index in [1.54, 1.807) is 11.3 Å². The molecule has 0 unspecified atom stereocenters. The SMILES string of the molecule is COC[C@@H]1CC2(CCN(Cc3ccsc3)CC2)CN1Cc1ccccn1. The lowest BCUT2D eigenvalue weighted by molar-refractivity contribution is 0.101. The van der Waals surface area contributed by atoms with Crippen molar-refractivity contribution in [1.29, 1.82) is 0 Å². The highest BCUT2D eigenvalue weighted by atomic mass is 32.1. The number of thiophene rings is 1. The minimum atomic E-state index is 0.461. The monoisotopic (exact) mass is 371 g/mol. The summed E-state index contributed by atoms with van der Waals surface area (Å²) >= 11 is 1.80. The van der Waals surface area contributed by atoms with Gasteiger partial charge in [0, 0.05) is 39.0 Å². The van der Waals surface area contributed by atoms with Crippen LogP contribution in [-0.4, -0.2) is 54.2 Å². The summed E-state index contributed by atoms with van der Waals surface area (Å²) in [6.45, 7) is 6.49. The fraction of sp³-hybridized carbons (Fsp3) is 0.571. The second-order valence-electron chi connectivity index (χ2n) is 7.95. The van der Waals surface area contributed by atoms with Crippen molar-refractivity contribution in [3.05, 3.63) is 52.5 Å². The van der Waals surface area contributed by atoms with Crippen molar-refractivity contribution in [1.82, 2.24) is 14.8 Å². The lowest BCUT2D eigenvalue weighted by Crippen LogP contribution is -2.41. The molecule has 2 aliphatic heterocycles. The van der Waals surface area contributed by atoms with E-state index in [1.807, 2.05) is 19.4 Å². The van der Waals surface area contributed by atoms with Crippen molar-refractivity contribution in [3.63, 3.8) is 0 Å². The molecule has 1 atom stereocenters. The summed E-state index contributed by atoms with van der Waals surface area (Å²) in [7, 11) is 1.83. The number of nitrogens with zero attached hydrogens (tertiary/aromatic N) is 3. The summed E-state index contributed by atoms with van der Waals surface area (Å²) < 4.78 is 5.55. The van der Waals surface area contributed by atoms with Crippen molar-refractivity contribution in [2.45, 2.75) is 38.4 Å². The van der Waals surface area contributed by atoms with Crippen molar-refractivity contribution >= 4 is 11.3 Å². The lowest BCUT2D eigenvalue weighted by Gasteiger charge is -2.39. The van der Waals surface area contributed by atoms with Gasteiger partial charge in [-0.15, -0.1) is 0 Å². The van der Waals surface area contributed by atoms with Gasteiger partial charge in [0.25, 0.3) is 0 Å². The van der Waals surface area contributed by atoms with Gasteiger partial charge in [-0.05, 0) is 72.3 Å². The van der Waals surface area contributed by atoms with Crippen molar-refractivity contribution < 1.29 is 4.74 Å². The number of rotatable bonds is 6. The Balaban J connectivity index is 1.38. The molecule has 2 fully saturated rings. The topological polar surface area (TPSA) is 28.6 Å². The van der Waals surface area contributed by atoms with Crippen LogP contribution in [0.5, 0.6) is 0 Å². The molecule has 2 aromatic rings. The van der Waals surface area contributed by atoms with Crippen molar-refractivity contribution in [2.24, 2.45) is 5.41 Å². The van der Waals surface area contributed by atoms with E-state index in [4.69, 9.17) is 4.74 Å². The number of piperidine rings is 1. The predicted molar refractivity (Wildman–Crippen MR) is 106 cm³/mol. The molecule has 0 radical (unpaired) electrons. The van der Waals surface area contributed by atoms with Crippen LogP contribution in [-0.2, 0) is 17.8 Å². The molecule has 0 aromatic carbocycles. The summed E-state index contributed by atoms with van der Waals surface area (Å²) in [6.07, 6.45) is 5.77. The third-order valence-electron chi connectivity index (χ3n) is 6.08. The quantitative estimate of drug-likeness (QED) is 0.775. The van der Waals surface area contributed by atoms with Crippen LogP contribution in [0, 0.1) is 5.41 Å². The maximum Gasteiger partial charge on any atom is 0.0618 e. The van der Waals surface area contributed by atoms with Gasteiger partial charge in [0.15, 0.2) is 0 Å². The Morgan fingerprint density at radius 2 is 2.12 bits per heavy atom. The molecule has 2 aliphatic rings. The Morgan fingerprint density at radius 3 is 2.81 bits per heavy atom. The van der Waals surface area contributed by atoms with E-state index < -0.39 is 0 Å². The van der Waals surface area contributed by atoms with Gasteiger partial charge in [0.2, 0.25) is 0 Å². The average molecular weight is 372 g/mol. The molecule has 4 rings (SSSR count). The normalized spacial score (nSPS) is 23.7. The molecular formula is C21H29N3OS.